The van der Waals surface area contributed by atoms with Crippen molar-refractivity contribution in [3.63, 3.8) is 0 Å². The van der Waals surface area contributed by atoms with Gasteiger partial charge in [-0.05, 0) is 10.8 Å². The molecule has 0 rings (SSSR count). The van der Waals surface area contributed by atoms with Gasteiger partial charge in [0.25, 0.3) is 0 Å². The summed E-state index contributed by atoms with van der Waals surface area (Å²) >= 11 is 5.54. The molecule has 0 atom stereocenters. The lowest BCUT2D eigenvalue weighted by Crippen LogP contribution is -1.54. The average molecular weight is 279 g/mol. The maximum absolute atomic E-state index is 3.25. The highest BCUT2D eigenvalue weighted by Gasteiger charge is 1.58. The predicted molar refractivity (Wildman–Crippen MR) is 48.6 cm³/mol. The summed E-state index contributed by atoms with van der Waals surface area (Å²) in [5.74, 6) is 0. The third-order valence-corrected chi connectivity index (χ3v) is 0.982. The third-order valence-electron chi connectivity index (χ3n) is 0.189. The molecule has 2 heteroatoms. The minimum absolute atomic E-state index is 1.13. The molecule has 0 fully saturated rings. The van der Waals surface area contributed by atoms with Crippen molar-refractivity contribution in [2.24, 2.45) is 0 Å². The maximum atomic E-state index is 3.25. The van der Waals surface area contributed by atoms with E-state index in [-0.39, 0.29) is 0 Å². The molecule has 0 aromatic heterocycles. The van der Waals surface area contributed by atoms with E-state index in [4.69, 9.17) is 0 Å². The molecule has 0 saturated carbocycles. The van der Waals surface area contributed by atoms with E-state index in [2.05, 4.69) is 52.4 Å². The van der Waals surface area contributed by atoms with Crippen LogP contribution in [-0.2, 0) is 0 Å². The summed E-state index contributed by atoms with van der Waals surface area (Å²) in [6, 6.07) is 0. The van der Waals surface area contributed by atoms with Crippen molar-refractivity contribution in [2.45, 2.75) is 20.3 Å². The lowest BCUT2D eigenvalue weighted by Gasteiger charge is -1.66. The normalized spacial score (nSPS) is 6.86. The van der Waals surface area contributed by atoms with E-state index < -0.39 is 0 Å². The molecule has 0 aromatic carbocycles. The zero-order chi connectivity index (χ0) is 6.12. The lowest BCUT2D eigenvalue weighted by molar-refractivity contribution is 1.12. The van der Waals surface area contributed by atoms with Gasteiger partial charge in [-0.1, -0.05) is 52.4 Å². The lowest BCUT2D eigenvalue weighted by atomic mass is 10.6. The molecule has 0 amide bonds. The summed E-state index contributed by atoms with van der Waals surface area (Å²) in [7, 11) is 0. The van der Waals surface area contributed by atoms with E-state index in [1.807, 2.05) is 0 Å². The Balaban J connectivity index is 0. The first-order chi connectivity index (χ1) is 3.33. The molecule has 0 bridgehead atoms. The first kappa shape index (κ1) is 11.1. The van der Waals surface area contributed by atoms with Crippen molar-refractivity contribution in [1.29, 1.82) is 0 Å². The molecule has 0 N–H and O–H groups in total. The van der Waals surface area contributed by atoms with Crippen LogP contribution in [0, 0.1) is 0 Å². The van der Waals surface area contributed by atoms with Crippen LogP contribution in [0.15, 0.2) is 0 Å². The molecular formula is C5H12BrI. The summed E-state index contributed by atoms with van der Waals surface area (Å²) < 4.78 is 1.22. The minimum atomic E-state index is 1.13. The van der Waals surface area contributed by atoms with Crippen LogP contribution in [0.5, 0.6) is 0 Å². The Bertz CT molecular complexity index is 15.6. The maximum Gasteiger partial charge on any atom is 0.00286 e. The van der Waals surface area contributed by atoms with Gasteiger partial charge in [0, 0.05) is 5.33 Å². The summed E-state index contributed by atoms with van der Waals surface area (Å²) in [5, 5.41) is 1.13. The average Bonchev–Trinajstić information content (AvgIpc) is 1.69. The predicted octanol–water partition coefficient (Wildman–Crippen LogP) is 3.23. The summed E-state index contributed by atoms with van der Waals surface area (Å²) in [6.45, 7) is 4.25. The smallest absolute Gasteiger partial charge is 0.00286 e. The van der Waals surface area contributed by atoms with Gasteiger partial charge >= 0.3 is 0 Å². The Morgan fingerprint density at radius 3 is 1.57 bits per heavy atom. The minimum Gasteiger partial charge on any atom is -0.0928 e. The molecular weight excluding hydrogens is 267 g/mol. The van der Waals surface area contributed by atoms with Crippen LogP contribution in [0.3, 0.4) is 0 Å². The van der Waals surface area contributed by atoms with Gasteiger partial charge < -0.3 is 0 Å². The zero-order valence-corrected chi connectivity index (χ0v) is 8.62. The fourth-order valence-electron chi connectivity index (χ4n) is 0. The summed E-state index contributed by atoms with van der Waals surface area (Å²) in [4.78, 5) is 0. The molecule has 0 unspecified atom stereocenters. The van der Waals surface area contributed by atoms with Gasteiger partial charge in [-0.25, -0.2) is 0 Å². The quantitative estimate of drug-likeness (QED) is 0.510. The summed E-state index contributed by atoms with van der Waals surface area (Å²) in [6.07, 6.45) is 1.24. The number of alkyl halides is 2. The molecule has 0 aliphatic carbocycles. The van der Waals surface area contributed by atoms with Crippen molar-refractivity contribution < 1.29 is 0 Å². The van der Waals surface area contributed by atoms with Gasteiger partial charge in [0.1, 0.15) is 0 Å². The van der Waals surface area contributed by atoms with Crippen LogP contribution in [0.4, 0.5) is 0 Å². The highest BCUT2D eigenvalue weighted by molar-refractivity contribution is 14.1. The second-order valence-electron chi connectivity index (χ2n) is 0.956. The Kier molecular flexibility index (Phi) is 24.8. The molecule has 0 aliphatic heterocycles. The highest BCUT2D eigenvalue weighted by Crippen LogP contribution is 1.80. The van der Waals surface area contributed by atoms with Gasteiger partial charge in [-0.3, -0.25) is 0 Å². The number of rotatable bonds is 1. The van der Waals surface area contributed by atoms with E-state index in [9.17, 15) is 0 Å². The molecule has 0 aliphatic rings. The van der Waals surface area contributed by atoms with Gasteiger partial charge in [-0.15, -0.1) is 0 Å². The molecule has 7 heavy (non-hydrogen) atoms. The first-order valence-electron chi connectivity index (χ1n) is 2.45. The molecule has 0 aromatic rings. The molecule has 46 valence electrons. The second-order valence-corrected chi connectivity index (χ2v) is 3.27. The monoisotopic (exact) mass is 278 g/mol. The van der Waals surface area contributed by atoms with Gasteiger partial charge in [-0.2, -0.15) is 0 Å². The Morgan fingerprint density at radius 2 is 1.57 bits per heavy atom. The molecule has 0 radical (unpaired) electrons. The molecule has 0 spiro atoms. The van der Waals surface area contributed by atoms with Gasteiger partial charge in [0.2, 0.25) is 0 Å². The fourth-order valence-corrected chi connectivity index (χ4v) is 0. The topological polar surface area (TPSA) is 0 Å². The van der Waals surface area contributed by atoms with E-state index in [0.717, 1.165) is 5.33 Å². The summed E-state index contributed by atoms with van der Waals surface area (Å²) in [5.41, 5.74) is 0. The van der Waals surface area contributed by atoms with E-state index in [0.29, 0.717) is 0 Å². The van der Waals surface area contributed by atoms with Crippen LogP contribution in [0.2, 0.25) is 0 Å². The van der Waals surface area contributed by atoms with E-state index in [1.165, 1.54) is 10.8 Å². The van der Waals surface area contributed by atoms with Crippen LogP contribution in [0.1, 0.15) is 20.3 Å². The third kappa shape index (κ3) is 40.1. The van der Waals surface area contributed by atoms with Gasteiger partial charge in [0.15, 0.2) is 0 Å². The fraction of sp³-hybridized carbons (Fsp3) is 1.00. The number of hydrogen-bond acceptors (Lipinski definition) is 0. The zero-order valence-electron chi connectivity index (χ0n) is 4.88. The standard InChI is InChI=1S/C3H7Br.C2H5I/c1-2-3-4;1-2-3/h2-3H2,1H3;2H2,1H3. The molecule has 0 heterocycles. The van der Waals surface area contributed by atoms with Crippen LogP contribution in [0.25, 0.3) is 0 Å². The van der Waals surface area contributed by atoms with Crippen LogP contribution in [-0.4, -0.2) is 9.76 Å². The van der Waals surface area contributed by atoms with Crippen molar-refractivity contribution in [3.8, 4) is 0 Å². The Morgan fingerprint density at radius 1 is 1.43 bits per heavy atom. The molecule has 0 nitrogen and oxygen atoms in total. The largest absolute Gasteiger partial charge is 0.0928 e. The Labute approximate surface area is 68.3 Å². The van der Waals surface area contributed by atoms with Gasteiger partial charge in [0.05, 0.1) is 0 Å². The number of hydrogen-bond donors (Lipinski definition) is 0. The number of halogens is 2. The first-order valence-corrected chi connectivity index (χ1v) is 5.10. The van der Waals surface area contributed by atoms with Crippen molar-refractivity contribution >= 4 is 38.5 Å². The van der Waals surface area contributed by atoms with Crippen LogP contribution >= 0.6 is 38.5 Å². The van der Waals surface area contributed by atoms with E-state index >= 15 is 0 Å². The SMILES string of the molecule is CCCBr.CCI. The second kappa shape index (κ2) is 15.7. The highest BCUT2D eigenvalue weighted by atomic mass is 127. The van der Waals surface area contributed by atoms with Crippen molar-refractivity contribution in [2.75, 3.05) is 9.76 Å². The molecule has 0 saturated heterocycles. The van der Waals surface area contributed by atoms with E-state index in [1.54, 1.807) is 0 Å². The van der Waals surface area contributed by atoms with Crippen molar-refractivity contribution in [1.82, 2.24) is 0 Å². The van der Waals surface area contributed by atoms with Crippen molar-refractivity contribution in [3.05, 3.63) is 0 Å². The van der Waals surface area contributed by atoms with Crippen LogP contribution < -0.4 is 0 Å². The Hall–Kier alpha value is 1.21.